The highest BCUT2D eigenvalue weighted by Gasteiger charge is 2.49. The summed E-state index contributed by atoms with van der Waals surface area (Å²) in [7, 11) is 0. The Balaban J connectivity index is 2.20. The molecule has 1 aromatic rings. The molecule has 1 saturated carbocycles. The number of anilines is 1. The number of benzene rings is 1. The number of rotatable bonds is 0. The lowest BCUT2D eigenvalue weighted by Crippen LogP contribution is -2.37. The van der Waals surface area contributed by atoms with Crippen molar-refractivity contribution in [2.75, 3.05) is 5.32 Å². The van der Waals surface area contributed by atoms with Gasteiger partial charge in [0.2, 0.25) is 5.91 Å². The van der Waals surface area contributed by atoms with Crippen molar-refractivity contribution in [3.05, 3.63) is 29.3 Å². The molecular formula is C13H13F2NO. The van der Waals surface area contributed by atoms with Crippen molar-refractivity contribution >= 4 is 11.6 Å². The molecule has 1 aromatic carbocycles. The molecule has 0 radical (unpaired) electrons. The summed E-state index contributed by atoms with van der Waals surface area (Å²) in [5, 5.41) is 2.68. The molecule has 1 aliphatic heterocycles. The Morgan fingerprint density at radius 1 is 1.12 bits per heavy atom. The Morgan fingerprint density at radius 3 is 2.53 bits per heavy atom. The monoisotopic (exact) mass is 237 g/mol. The minimum absolute atomic E-state index is 0.170. The topological polar surface area (TPSA) is 29.1 Å². The fourth-order valence-corrected chi connectivity index (χ4v) is 3.11. The summed E-state index contributed by atoms with van der Waals surface area (Å²) in [4.78, 5) is 12.1. The summed E-state index contributed by atoms with van der Waals surface area (Å²) in [6.45, 7) is 0. The normalized spacial score (nSPS) is 21.4. The van der Waals surface area contributed by atoms with Crippen molar-refractivity contribution in [3.8, 4) is 0 Å². The maximum atomic E-state index is 13.9. The zero-order chi connectivity index (χ0) is 12.0. The van der Waals surface area contributed by atoms with Gasteiger partial charge in [0.25, 0.3) is 0 Å². The van der Waals surface area contributed by atoms with E-state index >= 15 is 0 Å². The third kappa shape index (κ3) is 1.33. The lowest BCUT2D eigenvalue weighted by atomic mass is 9.70. The Morgan fingerprint density at radius 2 is 1.82 bits per heavy atom. The number of carbonyl (C=O) groups is 1. The van der Waals surface area contributed by atoms with Crippen LogP contribution in [0.15, 0.2) is 12.1 Å². The summed E-state index contributed by atoms with van der Waals surface area (Å²) in [6.07, 6.45) is 4.07. The molecule has 1 amide bonds. The molecule has 3 rings (SSSR count). The van der Waals surface area contributed by atoms with Crippen LogP contribution in [0.1, 0.15) is 37.7 Å². The molecule has 0 aromatic heterocycles. The average Bonchev–Trinajstić information content (AvgIpc) is 2.60. The maximum Gasteiger partial charge on any atom is 0.235 e. The van der Waals surface area contributed by atoms with Crippen LogP contribution >= 0.6 is 0 Å². The summed E-state index contributed by atoms with van der Waals surface area (Å²) in [5.41, 5.74) is -0.127. The number of halogens is 2. The van der Waals surface area contributed by atoms with Crippen LogP contribution in [0.3, 0.4) is 0 Å². The molecule has 1 heterocycles. The van der Waals surface area contributed by atoms with E-state index in [0.717, 1.165) is 25.3 Å². The molecule has 2 nitrogen and oxygen atoms in total. The van der Waals surface area contributed by atoms with E-state index in [1.807, 2.05) is 0 Å². The third-order valence-electron chi connectivity index (χ3n) is 3.96. The van der Waals surface area contributed by atoms with Gasteiger partial charge < -0.3 is 5.32 Å². The van der Waals surface area contributed by atoms with E-state index in [1.54, 1.807) is 0 Å². The molecule has 4 heteroatoms. The first-order valence-electron chi connectivity index (χ1n) is 5.95. The fourth-order valence-electron chi connectivity index (χ4n) is 3.11. The van der Waals surface area contributed by atoms with Crippen LogP contribution in [0.4, 0.5) is 14.5 Å². The first-order chi connectivity index (χ1) is 8.15. The van der Waals surface area contributed by atoms with Gasteiger partial charge in [-0.15, -0.1) is 0 Å². The van der Waals surface area contributed by atoms with Gasteiger partial charge in [-0.05, 0) is 25.0 Å². The predicted molar refractivity (Wildman–Crippen MR) is 59.8 cm³/mol. The molecule has 2 aliphatic rings. The second-order valence-electron chi connectivity index (χ2n) is 4.88. The lowest BCUT2D eigenvalue weighted by molar-refractivity contribution is -0.122. The molecule has 1 aliphatic carbocycles. The van der Waals surface area contributed by atoms with Crippen molar-refractivity contribution < 1.29 is 13.6 Å². The zero-order valence-electron chi connectivity index (χ0n) is 9.35. The van der Waals surface area contributed by atoms with E-state index in [9.17, 15) is 13.6 Å². The van der Waals surface area contributed by atoms with E-state index < -0.39 is 17.0 Å². The molecule has 1 spiro atoms. The number of hydrogen-bond acceptors (Lipinski definition) is 1. The van der Waals surface area contributed by atoms with Crippen molar-refractivity contribution in [2.24, 2.45) is 0 Å². The highest BCUT2D eigenvalue weighted by atomic mass is 19.2. The van der Waals surface area contributed by atoms with E-state index in [-0.39, 0.29) is 11.5 Å². The van der Waals surface area contributed by atoms with Crippen LogP contribution in [-0.4, -0.2) is 5.91 Å². The standard InChI is InChI=1S/C13H13F2NO/c14-8-4-5-9-10(11(8)15)13(12(17)16-9)6-2-1-3-7-13/h4-5H,1-3,6-7H2,(H,16,17). The Hall–Kier alpha value is -1.45. The Labute approximate surface area is 98.0 Å². The predicted octanol–water partition coefficient (Wildman–Crippen LogP) is 3.12. The quantitative estimate of drug-likeness (QED) is 0.738. The van der Waals surface area contributed by atoms with Gasteiger partial charge in [-0.3, -0.25) is 4.79 Å². The smallest absolute Gasteiger partial charge is 0.235 e. The summed E-state index contributed by atoms with van der Waals surface area (Å²) in [5.74, 6) is -1.90. The van der Waals surface area contributed by atoms with Gasteiger partial charge in [-0.1, -0.05) is 19.3 Å². The van der Waals surface area contributed by atoms with Gasteiger partial charge in [0, 0.05) is 11.3 Å². The minimum Gasteiger partial charge on any atom is -0.325 e. The minimum atomic E-state index is -0.870. The molecule has 0 bridgehead atoms. The first-order valence-corrected chi connectivity index (χ1v) is 5.95. The number of fused-ring (bicyclic) bond motifs is 2. The van der Waals surface area contributed by atoms with Gasteiger partial charge in [-0.2, -0.15) is 0 Å². The van der Waals surface area contributed by atoms with Crippen LogP contribution in [0.25, 0.3) is 0 Å². The van der Waals surface area contributed by atoms with Crippen molar-refractivity contribution in [1.82, 2.24) is 0 Å². The number of carbonyl (C=O) groups excluding carboxylic acids is 1. The Kier molecular flexibility index (Phi) is 2.21. The van der Waals surface area contributed by atoms with Crippen LogP contribution in [0.5, 0.6) is 0 Å². The highest BCUT2D eigenvalue weighted by molar-refractivity contribution is 6.06. The van der Waals surface area contributed by atoms with Gasteiger partial charge in [0.1, 0.15) is 0 Å². The largest absolute Gasteiger partial charge is 0.325 e. The van der Waals surface area contributed by atoms with Gasteiger partial charge in [-0.25, -0.2) is 8.78 Å². The number of nitrogens with one attached hydrogen (secondary N) is 1. The maximum absolute atomic E-state index is 13.9. The van der Waals surface area contributed by atoms with Crippen molar-refractivity contribution in [2.45, 2.75) is 37.5 Å². The molecule has 0 saturated heterocycles. The van der Waals surface area contributed by atoms with Crippen molar-refractivity contribution in [1.29, 1.82) is 0 Å². The average molecular weight is 237 g/mol. The first kappa shape index (κ1) is 10.7. The molecular weight excluding hydrogens is 224 g/mol. The van der Waals surface area contributed by atoms with Crippen LogP contribution in [0.2, 0.25) is 0 Å². The molecule has 0 unspecified atom stereocenters. The second kappa shape index (κ2) is 3.52. The summed E-state index contributed by atoms with van der Waals surface area (Å²) in [6, 6.07) is 2.52. The van der Waals surface area contributed by atoms with Crippen LogP contribution in [0, 0.1) is 11.6 Å². The van der Waals surface area contributed by atoms with Crippen LogP contribution in [-0.2, 0) is 10.2 Å². The number of amides is 1. The molecule has 17 heavy (non-hydrogen) atoms. The Bertz CT molecular complexity index is 492. The SMILES string of the molecule is O=C1Nc2ccc(F)c(F)c2C12CCCCC2. The van der Waals surface area contributed by atoms with E-state index in [4.69, 9.17) is 0 Å². The highest BCUT2D eigenvalue weighted by Crippen LogP contribution is 2.48. The van der Waals surface area contributed by atoms with E-state index in [2.05, 4.69) is 5.32 Å². The third-order valence-corrected chi connectivity index (χ3v) is 3.96. The molecule has 90 valence electrons. The number of hydrogen-bond donors (Lipinski definition) is 1. The van der Waals surface area contributed by atoms with E-state index in [0.29, 0.717) is 18.5 Å². The molecule has 1 fully saturated rings. The zero-order valence-corrected chi connectivity index (χ0v) is 9.35. The molecule has 0 atom stereocenters. The fraction of sp³-hybridized carbons (Fsp3) is 0.462. The van der Waals surface area contributed by atoms with Crippen LogP contribution < -0.4 is 5.32 Å². The van der Waals surface area contributed by atoms with E-state index in [1.165, 1.54) is 6.07 Å². The molecule has 1 N–H and O–H groups in total. The summed E-state index contributed by atoms with van der Waals surface area (Å²) >= 11 is 0. The van der Waals surface area contributed by atoms with Crippen molar-refractivity contribution in [3.63, 3.8) is 0 Å². The summed E-state index contributed by atoms with van der Waals surface area (Å²) < 4.78 is 27.3. The van der Waals surface area contributed by atoms with Gasteiger partial charge in [0.15, 0.2) is 11.6 Å². The van der Waals surface area contributed by atoms with Gasteiger partial charge in [0.05, 0.1) is 5.41 Å². The second-order valence-corrected chi connectivity index (χ2v) is 4.88. The lowest BCUT2D eigenvalue weighted by Gasteiger charge is -2.31. The van der Waals surface area contributed by atoms with Gasteiger partial charge >= 0.3 is 0 Å².